The van der Waals surface area contributed by atoms with Crippen LogP contribution < -0.4 is 11.1 Å². The minimum absolute atomic E-state index is 0.0421. The molecule has 1 unspecified atom stereocenters. The maximum Gasteiger partial charge on any atom is 0.255 e. The fourth-order valence-electron chi connectivity index (χ4n) is 6.05. The predicted molar refractivity (Wildman–Crippen MR) is 135 cm³/mol. The predicted octanol–water partition coefficient (Wildman–Crippen LogP) is 1.10. The Morgan fingerprint density at radius 2 is 1.84 bits per heavy atom. The molecule has 0 heterocycles. The van der Waals surface area contributed by atoms with Gasteiger partial charge in [-0.25, -0.2) is 0 Å². The SMILES string of the molecule is CN(C)C1C(=O)C(C(N)=O)=C(O)[C@@]2(O)C(=O)C3=C(O)c4c(O)ccc(CNCC(C)(C)C)c4C[C@H]3C[C@@H]12. The molecule has 1 saturated carbocycles. The molecule has 37 heavy (non-hydrogen) atoms. The largest absolute Gasteiger partial charge is 0.508 e. The van der Waals surface area contributed by atoms with Crippen LogP contribution in [0.4, 0.5) is 0 Å². The molecule has 10 heteroatoms. The lowest BCUT2D eigenvalue weighted by Gasteiger charge is -2.50. The fourth-order valence-corrected chi connectivity index (χ4v) is 6.05. The third-order valence-corrected chi connectivity index (χ3v) is 7.67. The number of carbonyl (C=O) groups is 3. The van der Waals surface area contributed by atoms with Gasteiger partial charge in [-0.3, -0.25) is 19.3 Å². The Morgan fingerprint density at radius 3 is 2.41 bits per heavy atom. The van der Waals surface area contributed by atoms with Crippen molar-refractivity contribution < 1.29 is 34.8 Å². The number of nitrogens with one attached hydrogen (secondary N) is 1. The van der Waals surface area contributed by atoms with Gasteiger partial charge >= 0.3 is 0 Å². The van der Waals surface area contributed by atoms with Crippen LogP contribution in [-0.4, -0.2) is 75.1 Å². The molecule has 3 aliphatic carbocycles. The Balaban J connectivity index is 1.86. The minimum atomic E-state index is -2.63. The van der Waals surface area contributed by atoms with Gasteiger partial charge in [0.25, 0.3) is 5.91 Å². The van der Waals surface area contributed by atoms with E-state index in [1.54, 1.807) is 20.2 Å². The molecule has 1 aromatic rings. The van der Waals surface area contributed by atoms with E-state index in [2.05, 4.69) is 26.1 Å². The van der Waals surface area contributed by atoms with Gasteiger partial charge in [0, 0.05) is 24.6 Å². The Hall–Kier alpha value is -3.21. The lowest BCUT2D eigenvalue weighted by molar-refractivity contribution is -0.153. The van der Waals surface area contributed by atoms with E-state index < -0.39 is 58.0 Å². The second-order valence-electron chi connectivity index (χ2n) is 11.7. The first-order valence-electron chi connectivity index (χ1n) is 12.3. The quantitative estimate of drug-likeness (QED) is 0.315. The van der Waals surface area contributed by atoms with Gasteiger partial charge < -0.3 is 31.5 Å². The standard InChI is InChI=1S/C27H35N3O7/c1-26(2,3)11-29-10-12-6-7-16(31)18-14(12)8-13-9-15-20(30(4)5)22(33)19(25(28)36)24(35)27(15,37)23(34)17(13)21(18)32/h6-7,13,15,20,29,31-32,35,37H,8-11H2,1-5H3,(H2,28,36)/t13-,15-,20?,27-/m0/s1. The molecule has 0 aromatic heterocycles. The van der Waals surface area contributed by atoms with Crippen molar-refractivity contribution in [3.05, 3.63) is 45.7 Å². The molecule has 0 radical (unpaired) electrons. The Morgan fingerprint density at radius 1 is 1.19 bits per heavy atom. The fraction of sp³-hybridized carbons (Fsp3) is 0.519. The topological polar surface area (TPSA) is 173 Å². The van der Waals surface area contributed by atoms with Crippen LogP contribution >= 0.6 is 0 Å². The summed E-state index contributed by atoms with van der Waals surface area (Å²) in [6.07, 6.45) is 0.339. The number of hydrogen-bond donors (Lipinski definition) is 6. The van der Waals surface area contributed by atoms with E-state index in [4.69, 9.17) is 5.73 Å². The monoisotopic (exact) mass is 513 g/mol. The number of aliphatic hydroxyl groups is 3. The van der Waals surface area contributed by atoms with Crippen LogP contribution in [0, 0.1) is 17.3 Å². The number of aromatic hydroxyl groups is 1. The second-order valence-corrected chi connectivity index (χ2v) is 11.7. The normalized spacial score (nSPS) is 27.8. The number of aliphatic hydroxyl groups excluding tert-OH is 2. The van der Waals surface area contributed by atoms with E-state index in [1.165, 1.54) is 11.0 Å². The molecular weight excluding hydrogens is 478 g/mol. The van der Waals surface area contributed by atoms with Crippen molar-refractivity contribution >= 4 is 23.2 Å². The molecule has 3 aliphatic rings. The molecule has 4 rings (SSSR count). The van der Waals surface area contributed by atoms with Crippen molar-refractivity contribution in [2.75, 3.05) is 20.6 Å². The van der Waals surface area contributed by atoms with Crippen molar-refractivity contribution in [3.8, 4) is 5.75 Å². The highest BCUT2D eigenvalue weighted by molar-refractivity contribution is 6.24. The number of rotatable bonds is 5. The molecule has 200 valence electrons. The molecule has 7 N–H and O–H groups in total. The van der Waals surface area contributed by atoms with E-state index in [9.17, 15) is 34.8 Å². The summed E-state index contributed by atoms with van der Waals surface area (Å²) >= 11 is 0. The third kappa shape index (κ3) is 4.13. The number of ketones is 2. The molecule has 10 nitrogen and oxygen atoms in total. The molecule has 0 bridgehead atoms. The number of benzene rings is 1. The number of hydrogen-bond acceptors (Lipinski definition) is 9. The molecule has 4 atom stereocenters. The van der Waals surface area contributed by atoms with Crippen molar-refractivity contribution in [2.45, 2.75) is 51.8 Å². The van der Waals surface area contributed by atoms with Gasteiger partial charge in [-0.05, 0) is 55.5 Å². The summed E-state index contributed by atoms with van der Waals surface area (Å²) in [6.45, 7) is 7.50. The maximum atomic E-state index is 13.8. The molecule has 0 saturated heterocycles. The lowest BCUT2D eigenvalue weighted by Crippen LogP contribution is -2.65. The summed E-state index contributed by atoms with van der Waals surface area (Å²) in [4.78, 5) is 40.5. The Kier molecular flexibility index (Phi) is 6.51. The van der Waals surface area contributed by atoms with Gasteiger partial charge in [0.15, 0.2) is 11.4 Å². The van der Waals surface area contributed by atoms with Crippen molar-refractivity contribution in [2.24, 2.45) is 23.0 Å². The van der Waals surface area contributed by atoms with Crippen LogP contribution in [-0.2, 0) is 27.3 Å². The third-order valence-electron chi connectivity index (χ3n) is 7.67. The van der Waals surface area contributed by atoms with Crippen LogP contribution in [0.2, 0.25) is 0 Å². The van der Waals surface area contributed by atoms with E-state index in [0.717, 1.165) is 12.1 Å². The van der Waals surface area contributed by atoms with E-state index in [1.807, 2.05) is 0 Å². The minimum Gasteiger partial charge on any atom is -0.508 e. The molecule has 0 aliphatic heterocycles. The van der Waals surface area contributed by atoms with Crippen molar-refractivity contribution in [1.82, 2.24) is 10.2 Å². The molecule has 1 amide bonds. The van der Waals surface area contributed by atoms with Crippen LogP contribution in [0.1, 0.15) is 43.9 Å². The van der Waals surface area contributed by atoms with Gasteiger partial charge in [-0.2, -0.15) is 0 Å². The highest BCUT2D eigenvalue weighted by Gasteiger charge is 2.64. The van der Waals surface area contributed by atoms with Crippen LogP contribution in [0.3, 0.4) is 0 Å². The summed E-state index contributed by atoms with van der Waals surface area (Å²) in [5.74, 6) is -6.51. The van der Waals surface area contributed by atoms with Gasteiger partial charge in [0.2, 0.25) is 5.78 Å². The van der Waals surface area contributed by atoms with Crippen LogP contribution in [0.25, 0.3) is 5.76 Å². The number of likely N-dealkylation sites (N-methyl/N-ethyl adjacent to an activating group) is 1. The summed E-state index contributed by atoms with van der Waals surface area (Å²) < 4.78 is 0. The number of phenolic OH excluding ortho intramolecular Hbond substituents is 1. The number of phenols is 1. The zero-order valence-corrected chi connectivity index (χ0v) is 21.8. The number of primary amides is 1. The van der Waals surface area contributed by atoms with Crippen molar-refractivity contribution in [3.63, 3.8) is 0 Å². The maximum absolute atomic E-state index is 13.8. The van der Waals surface area contributed by atoms with Gasteiger partial charge in [-0.1, -0.05) is 26.8 Å². The lowest BCUT2D eigenvalue weighted by atomic mass is 9.57. The molecule has 0 spiro atoms. The number of nitrogens with zero attached hydrogens (tertiary/aromatic N) is 1. The Bertz CT molecular complexity index is 1260. The van der Waals surface area contributed by atoms with Crippen LogP contribution in [0.5, 0.6) is 5.75 Å². The molecular formula is C27H35N3O7. The van der Waals surface area contributed by atoms with Gasteiger partial charge in [0.1, 0.15) is 22.8 Å². The average molecular weight is 514 g/mol. The Labute approximate surface area is 215 Å². The first-order valence-corrected chi connectivity index (χ1v) is 12.3. The number of fused-ring (bicyclic) bond motifs is 3. The van der Waals surface area contributed by atoms with E-state index in [0.29, 0.717) is 12.1 Å². The van der Waals surface area contributed by atoms with Crippen LogP contribution in [0.15, 0.2) is 29.0 Å². The summed E-state index contributed by atoms with van der Waals surface area (Å²) in [6, 6.07) is 2.11. The first kappa shape index (κ1) is 26.8. The zero-order chi connectivity index (χ0) is 27.6. The number of amides is 1. The number of nitrogens with two attached hydrogens (primary N) is 1. The summed E-state index contributed by atoms with van der Waals surface area (Å²) in [7, 11) is 3.15. The smallest absolute Gasteiger partial charge is 0.255 e. The van der Waals surface area contributed by atoms with E-state index in [-0.39, 0.29) is 35.1 Å². The molecule has 1 fully saturated rings. The second kappa shape index (κ2) is 8.97. The highest BCUT2D eigenvalue weighted by atomic mass is 16.3. The molecule has 1 aromatic carbocycles. The summed E-state index contributed by atoms with van der Waals surface area (Å²) in [5.41, 5.74) is 3.40. The number of carbonyl (C=O) groups excluding carboxylic acids is 3. The van der Waals surface area contributed by atoms with Gasteiger partial charge in [0.05, 0.1) is 11.6 Å². The highest BCUT2D eigenvalue weighted by Crippen LogP contribution is 2.52. The summed E-state index contributed by atoms with van der Waals surface area (Å²) in [5, 5.41) is 47.8. The zero-order valence-electron chi connectivity index (χ0n) is 21.8. The first-order chi connectivity index (χ1) is 17.1. The van der Waals surface area contributed by atoms with E-state index >= 15 is 0 Å². The number of Topliss-reactive ketones (excluding diaryl/α,β-unsaturated/α-hetero) is 2. The van der Waals surface area contributed by atoms with Crippen molar-refractivity contribution in [1.29, 1.82) is 0 Å². The average Bonchev–Trinajstić information content (AvgIpc) is 2.76. The van der Waals surface area contributed by atoms with Gasteiger partial charge in [-0.15, -0.1) is 0 Å².